The van der Waals surface area contributed by atoms with Gasteiger partial charge in [-0.2, -0.15) is 5.10 Å². The van der Waals surface area contributed by atoms with E-state index in [1.54, 1.807) is 18.1 Å². The Morgan fingerprint density at radius 3 is 2.50 bits per heavy atom. The van der Waals surface area contributed by atoms with Crippen molar-refractivity contribution in [2.75, 3.05) is 7.11 Å². The number of aromatic nitrogens is 3. The molecule has 1 aromatic carbocycles. The quantitative estimate of drug-likeness (QED) is 0.836. The molecule has 1 aromatic heterocycles. The van der Waals surface area contributed by atoms with Crippen molar-refractivity contribution < 1.29 is 4.74 Å². The van der Waals surface area contributed by atoms with E-state index in [1.807, 2.05) is 32.9 Å². The Morgan fingerprint density at radius 1 is 1.28 bits per heavy atom. The maximum Gasteiger partial charge on any atom is 0.147 e. The molecule has 0 radical (unpaired) electrons. The summed E-state index contributed by atoms with van der Waals surface area (Å²) in [6.45, 7) is 7.98. The monoisotopic (exact) mass is 247 g/mol. The van der Waals surface area contributed by atoms with Crippen LogP contribution in [-0.4, -0.2) is 21.9 Å². The Kier molecular flexibility index (Phi) is 5.36. The highest BCUT2D eigenvalue weighted by Crippen LogP contribution is 2.23. The van der Waals surface area contributed by atoms with Crippen LogP contribution in [0.15, 0.2) is 24.5 Å². The Balaban J connectivity index is 0.000000771. The van der Waals surface area contributed by atoms with Gasteiger partial charge in [-0.05, 0) is 31.0 Å². The van der Waals surface area contributed by atoms with E-state index in [0.717, 1.165) is 23.7 Å². The van der Waals surface area contributed by atoms with Crippen molar-refractivity contribution in [3.05, 3.63) is 35.9 Å². The van der Waals surface area contributed by atoms with Crippen molar-refractivity contribution in [2.45, 2.75) is 34.1 Å². The summed E-state index contributed by atoms with van der Waals surface area (Å²) in [7, 11) is 1.67. The molecule has 0 aliphatic rings. The topological polar surface area (TPSA) is 39.9 Å². The molecule has 0 bridgehead atoms. The Morgan fingerprint density at radius 2 is 2.00 bits per heavy atom. The first-order valence-corrected chi connectivity index (χ1v) is 6.30. The van der Waals surface area contributed by atoms with Crippen molar-refractivity contribution >= 4 is 0 Å². The average molecular weight is 247 g/mol. The largest absolute Gasteiger partial charge is 0.494 e. The number of benzene rings is 1. The summed E-state index contributed by atoms with van der Waals surface area (Å²) in [6, 6.07) is 6.12. The second-order valence-electron chi connectivity index (χ2n) is 3.60. The molecular weight excluding hydrogens is 226 g/mol. The maximum atomic E-state index is 5.36. The molecular formula is C14H21N3O. The third kappa shape index (κ3) is 3.09. The molecule has 1 heterocycles. The summed E-state index contributed by atoms with van der Waals surface area (Å²) in [4.78, 5) is 4.11. The SMILES string of the molecule is CC.CCc1ccc(-n2cnc(C)n2)c(OC)c1. The lowest BCUT2D eigenvalue weighted by atomic mass is 10.1. The van der Waals surface area contributed by atoms with Crippen LogP contribution in [0.2, 0.25) is 0 Å². The molecule has 0 saturated carbocycles. The van der Waals surface area contributed by atoms with Gasteiger partial charge in [-0.1, -0.05) is 26.8 Å². The predicted molar refractivity (Wildman–Crippen MR) is 73.4 cm³/mol. The van der Waals surface area contributed by atoms with E-state index in [-0.39, 0.29) is 0 Å². The molecule has 0 unspecified atom stereocenters. The van der Waals surface area contributed by atoms with Crippen LogP contribution >= 0.6 is 0 Å². The molecule has 18 heavy (non-hydrogen) atoms. The molecule has 98 valence electrons. The molecule has 2 aromatic rings. The lowest BCUT2D eigenvalue weighted by Gasteiger charge is -2.09. The fraction of sp³-hybridized carbons (Fsp3) is 0.429. The summed E-state index contributed by atoms with van der Waals surface area (Å²) >= 11 is 0. The van der Waals surface area contributed by atoms with Gasteiger partial charge in [0.1, 0.15) is 23.6 Å². The van der Waals surface area contributed by atoms with E-state index in [1.165, 1.54) is 5.56 Å². The van der Waals surface area contributed by atoms with Gasteiger partial charge in [0.15, 0.2) is 0 Å². The molecule has 0 saturated heterocycles. The van der Waals surface area contributed by atoms with E-state index in [4.69, 9.17) is 4.74 Å². The van der Waals surface area contributed by atoms with E-state index in [0.29, 0.717) is 0 Å². The van der Waals surface area contributed by atoms with Gasteiger partial charge in [0.25, 0.3) is 0 Å². The molecule has 0 fully saturated rings. The Hall–Kier alpha value is -1.84. The second-order valence-corrected chi connectivity index (χ2v) is 3.60. The van der Waals surface area contributed by atoms with E-state index < -0.39 is 0 Å². The van der Waals surface area contributed by atoms with Crippen LogP contribution in [0.3, 0.4) is 0 Å². The highest BCUT2D eigenvalue weighted by molar-refractivity contribution is 5.48. The molecule has 0 spiro atoms. The van der Waals surface area contributed by atoms with E-state index in [9.17, 15) is 0 Å². The number of rotatable bonds is 3. The number of hydrogen-bond donors (Lipinski definition) is 0. The number of nitrogens with zero attached hydrogens (tertiary/aromatic N) is 3. The normalized spacial score (nSPS) is 9.61. The van der Waals surface area contributed by atoms with Gasteiger partial charge < -0.3 is 4.74 Å². The van der Waals surface area contributed by atoms with Gasteiger partial charge >= 0.3 is 0 Å². The second kappa shape index (κ2) is 6.79. The summed E-state index contributed by atoms with van der Waals surface area (Å²) in [5.74, 6) is 1.57. The molecule has 2 rings (SSSR count). The van der Waals surface area contributed by atoms with Crippen molar-refractivity contribution in [1.82, 2.24) is 14.8 Å². The molecule has 0 aliphatic heterocycles. The third-order valence-corrected chi connectivity index (χ3v) is 2.51. The molecule has 0 atom stereocenters. The minimum Gasteiger partial charge on any atom is -0.494 e. The first-order chi connectivity index (χ1) is 8.74. The van der Waals surface area contributed by atoms with E-state index in [2.05, 4.69) is 23.1 Å². The summed E-state index contributed by atoms with van der Waals surface area (Å²) in [6.07, 6.45) is 2.69. The molecule has 0 amide bonds. The first-order valence-electron chi connectivity index (χ1n) is 6.30. The van der Waals surface area contributed by atoms with Gasteiger partial charge in [0, 0.05) is 0 Å². The molecule has 4 nitrogen and oxygen atoms in total. The van der Waals surface area contributed by atoms with Crippen molar-refractivity contribution in [2.24, 2.45) is 0 Å². The minimum absolute atomic E-state index is 0.752. The summed E-state index contributed by atoms with van der Waals surface area (Å²) in [5, 5.41) is 4.27. The number of aryl methyl sites for hydroxylation is 2. The Labute approximate surface area is 109 Å². The van der Waals surface area contributed by atoms with Gasteiger partial charge in [-0.15, -0.1) is 0 Å². The van der Waals surface area contributed by atoms with Crippen LogP contribution in [0.25, 0.3) is 5.69 Å². The van der Waals surface area contributed by atoms with Crippen LogP contribution in [-0.2, 0) is 6.42 Å². The van der Waals surface area contributed by atoms with Crippen LogP contribution in [0.5, 0.6) is 5.75 Å². The minimum atomic E-state index is 0.752. The highest BCUT2D eigenvalue weighted by Gasteiger charge is 2.07. The zero-order chi connectivity index (χ0) is 13.5. The fourth-order valence-electron chi connectivity index (χ4n) is 1.59. The van der Waals surface area contributed by atoms with Gasteiger partial charge in [-0.25, -0.2) is 9.67 Å². The van der Waals surface area contributed by atoms with Crippen LogP contribution < -0.4 is 4.74 Å². The highest BCUT2D eigenvalue weighted by atomic mass is 16.5. The maximum absolute atomic E-state index is 5.36. The lowest BCUT2D eigenvalue weighted by Crippen LogP contribution is -1.99. The summed E-state index contributed by atoms with van der Waals surface area (Å²) < 4.78 is 7.09. The predicted octanol–water partition coefficient (Wildman–Crippen LogP) is 3.17. The average Bonchev–Trinajstić information content (AvgIpc) is 2.86. The first kappa shape index (κ1) is 14.2. The van der Waals surface area contributed by atoms with Gasteiger partial charge in [0.2, 0.25) is 0 Å². The number of ether oxygens (including phenoxy) is 1. The summed E-state index contributed by atoms with van der Waals surface area (Å²) in [5.41, 5.74) is 2.16. The zero-order valence-corrected chi connectivity index (χ0v) is 11.8. The molecule has 0 aliphatic carbocycles. The van der Waals surface area contributed by atoms with Gasteiger partial charge in [0.05, 0.1) is 7.11 Å². The smallest absolute Gasteiger partial charge is 0.147 e. The molecule has 0 N–H and O–H groups in total. The van der Waals surface area contributed by atoms with E-state index >= 15 is 0 Å². The third-order valence-electron chi connectivity index (χ3n) is 2.51. The zero-order valence-electron chi connectivity index (χ0n) is 11.8. The number of hydrogen-bond acceptors (Lipinski definition) is 3. The van der Waals surface area contributed by atoms with Crippen molar-refractivity contribution in [1.29, 1.82) is 0 Å². The Bertz CT molecular complexity index is 492. The lowest BCUT2D eigenvalue weighted by molar-refractivity contribution is 0.411. The fourth-order valence-corrected chi connectivity index (χ4v) is 1.59. The van der Waals surface area contributed by atoms with Crippen molar-refractivity contribution in [3.8, 4) is 11.4 Å². The standard InChI is InChI=1S/C12H15N3O.C2H6/c1-4-10-5-6-11(12(7-10)16-3)15-8-13-9(2)14-15;1-2/h5-8H,4H2,1-3H3;1-2H3. The molecule has 4 heteroatoms. The van der Waals surface area contributed by atoms with Crippen LogP contribution in [0, 0.1) is 6.92 Å². The van der Waals surface area contributed by atoms with Crippen LogP contribution in [0.4, 0.5) is 0 Å². The van der Waals surface area contributed by atoms with Crippen LogP contribution in [0.1, 0.15) is 32.2 Å². The van der Waals surface area contributed by atoms with Crippen molar-refractivity contribution in [3.63, 3.8) is 0 Å². The van der Waals surface area contributed by atoms with Gasteiger partial charge in [-0.3, -0.25) is 0 Å². The number of methoxy groups -OCH3 is 1.